The molecule has 1 rings (SSSR count). The molecule has 0 aromatic heterocycles. The van der Waals surface area contributed by atoms with E-state index in [0.717, 1.165) is 6.92 Å². The summed E-state index contributed by atoms with van der Waals surface area (Å²) in [4.78, 5) is 71.1. The van der Waals surface area contributed by atoms with Crippen LogP contribution in [0.2, 0.25) is 0 Å². The highest BCUT2D eigenvalue weighted by Gasteiger charge is 2.33. The number of hydrogen-bond donors (Lipinski definition) is 9. The molecule has 37 heavy (non-hydrogen) atoms. The molecule has 0 saturated carbocycles. The fraction of sp³-hybridized carbons (Fsp3) is 0.455. The minimum atomic E-state index is -1.82. The third-order valence-electron chi connectivity index (χ3n) is 5.06. The molecule has 0 aliphatic rings. The van der Waals surface area contributed by atoms with Crippen molar-refractivity contribution in [1.82, 2.24) is 16.0 Å². The molecule has 0 aliphatic carbocycles. The Morgan fingerprint density at radius 2 is 1.41 bits per heavy atom. The van der Waals surface area contributed by atoms with E-state index in [-0.39, 0.29) is 12.2 Å². The summed E-state index contributed by atoms with van der Waals surface area (Å²) < 4.78 is 0. The lowest BCUT2D eigenvalue weighted by Gasteiger charge is -2.26. The predicted octanol–water partition coefficient (Wildman–Crippen LogP) is -2.48. The number of nitrogens with one attached hydrogen (secondary N) is 3. The van der Waals surface area contributed by atoms with E-state index in [1.807, 2.05) is 5.32 Å². The van der Waals surface area contributed by atoms with Gasteiger partial charge in [0.2, 0.25) is 17.7 Å². The summed E-state index contributed by atoms with van der Waals surface area (Å²) in [5.74, 6) is -7.67. The van der Waals surface area contributed by atoms with E-state index in [0.29, 0.717) is 5.56 Å². The summed E-state index contributed by atoms with van der Waals surface area (Å²) >= 11 is 0. The van der Waals surface area contributed by atoms with Gasteiger partial charge in [-0.15, -0.1) is 0 Å². The Morgan fingerprint density at radius 1 is 0.838 bits per heavy atom. The minimum absolute atomic E-state index is 0.00382. The summed E-state index contributed by atoms with van der Waals surface area (Å²) in [5.41, 5.74) is 6.45. The van der Waals surface area contributed by atoms with Gasteiger partial charge in [-0.1, -0.05) is 12.1 Å². The second-order valence-electron chi connectivity index (χ2n) is 8.19. The topological polar surface area (TPSA) is 266 Å². The molecule has 0 spiro atoms. The molecule has 0 aliphatic heterocycles. The molecular weight excluding hydrogens is 496 g/mol. The third kappa shape index (κ3) is 10.9. The van der Waals surface area contributed by atoms with Gasteiger partial charge in [0.25, 0.3) is 0 Å². The van der Waals surface area contributed by atoms with Crippen molar-refractivity contribution in [1.29, 1.82) is 0 Å². The molecule has 0 saturated heterocycles. The van der Waals surface area contributed by atoms with Crippen molar-refractivity contribution in [2.75, 3.05) is 0 Å². The highest BCUT2D eigenvalue weighted by atomic mass is 16.4. The molecule has 0 radical (unpaired) electrons. The van der Waals surface area contributed by atoms with Gasteiger partial charge in [-0.25, -0.2) is 4.79 Å². The van der Waals surface area contributed by atoms with Crippen LogP contribution in [0.15, 0.2) is 24.3 Å². The van der Waals surface area contributed by atoms with Gasteiger partial charge in [0.05, 0.1) is 18.6 Å². The number of carboxylic acid groups (broad SMARTS) is 3. The van der Waals surface area contributed by atoms with Crippen molar-refractivity contribution in [3.8, 4) is 5.75 Å². The molecule has 5 atom stereocenters. The first-order valence-corrected chi connectivity index (χ1v) is 11.0. The van der Waals surface area contributed by atoms with E-state index in [4.69, 9.17) is 15.9 Å². The van der Waals surface area contributed by atoms with Crippen molar-refractivity contribution in [3.63, 3.8) is 0 Å². The first-order valence-electron chi connectivity index (χ1n) is 11.0. The maximum Gasteiger partial charge on any atom is 0.326 e. The van der Waals surface area contributed by atoms with Gasteiger partial charge in [-0.05, 0) is 37.5 Å². The van der Waals surface area contributed by atoms with E-state index in [2.05, 4.69) is 10.6 Å². The molecular formula is C22H30N4O11. The Hall–Kier alpha value is -4.24. The average molecular weight is 526 g/mol. The van der Waals surface area contributed by atoms with Gasteiger partial charge in [0, 0.05) is 6.42 Å². The predicted molar refractivity (Wildman–Crippen MR) is 124 cm³/mol. The van der Waals surface area contributed by atoms with Crippen molar-refractivity contribution in [3.05, 3.63) is 29.8 Å². The smallest absolute Gasteiger partial charge is 0.326 e. The molecule has 15 heteroatoms. The first-order chi connectivity index (χ1) is 17.2. The monoisotopic (exact) mass is 526 g/mol. The summed E-state index contributed by atoms with van der Waals surface area (Å²) in [6, 6.07) is -0.518. The highest BCUT2D eigenvalue weighted by Crippen LogP contribution is 2.11. The fourth-order valence-electron chi connectivity index (χ4n) is 3.09. The number of benzene rings is 1. The van der Waals surface area contributed by atoms with Crippen LogP contribution in [0.5, 0.6) is 5.75 Å². The number of aliphatic hydroxyl groups is 1. The lowest BCUT2D eigenvalue weighted by atomic mass is 10.0. The number of aliphatic hydroxyl groups excluding tert-OH is 1. The third-order valence-corrected chi connectivity index (χ3v) is 5.06. The van der Waals surface area contributed by atoms with Crippen LogP contribution in [0.4, 0.5) is 0 Å². The van der Waals surface area contributed by atoms with Crippen LogP contribution in [0.3, 0.4) is 0 Å². The lowest BCUT2D eigenvalue weighted by molar-refractivity contribution is -0.144. The van der Waals surface area contributed by atoms with Crippen LogP contribution in [-0.4, -0.2) is 91.4 Å². The van der Waals surface area contributed by atoms with Gasteiger partial charge in [0.15, 0.2) is 0 Å². The number of amides is 3. The molecule has 0 bridgehead atoms. The zero-order valence-corrected chi connectivity index (χ0v) is 19.8. The fourth-order valence-corrected chi connectivity index (χ4v) is 3.09. The number of nitrogens with two attached hydrogens (primary N) is 1. The Morgan fingerprint density at radius 3 is 1.89 bits per heavy atom. The number of aliphatic carboxylic acids is 3. The molecule has 0 heterocycles. The molecule has 1 aromatic carbocycles. The van der Waals surface area contributed by atoms with Gasteiger partial charge < -0.3 is 47.2 Å². The molecule has 10 N–H and O–H groups in total. The number of aromatic hydroxyl groups is 1. The number of carboxylic acids is 3. The number of rotatable bonds is 15. The van der Waals surface area contributed by atoms with Crippen LogP contribution in [0.1, 0.15) is 31.7 Å². The van der Waals surface area contributed by atoms with Crippen LogP contribution >= 0.6 is 0 Å². The Labute approximate surface area is 210 Å². The summed E-state index contributed by atoms with van der Waals surface area (Å²) in [6.07, 6.45) is -3.59. The highest BCUT2D eigenvalue weighted by molar-refractivity contribution is 5.96. The van der Waals surface area contributed by atoms with E-state index in [9.17, 15) is 44.1 Å². The Bertz CT molecular complexity index is 997. The minimum Gasteiger partial charge on any atom is -0.508 e. The molecule has 204 valence electrons. The van der Waals surface area contributed by atoms with Crippen molar-refractivity contribution in [2.45, 2.75) is 62.9 Å². The number of carbonyl (C=O) groups excluding carboxylic acids is 3. The van der Waals surface area contributed by atoms with Crippen LogP contribution in [0, 0.1) is 0 Å². The first kappa shape index (κ1) is 30.8. The summed E-state index contributed by atoms with van der Waals surface area (Å²) in [6.45, 7) is 1.15. The van der Waals surface area contributed by atoms with Crippen molar-refractivity contribution >= 4 is 35.6 Å². The molecule has 0 fully saturated rings. The molecule has 3 amide bonds. The van der Waals surface area contributed by atoms with Crippen molar-refractivity contribution in [2.24, 2.45) is 5.73 Å². The Balaban J connectivity index is 2.93. The average Bonchev–Trinajstić information content (AvgIpc) is 2.79. The summed E-state index contributed by atoms with van der Waals surface area (Å²) in [7, 11) is 0. The number of phenols is 1. The lowest BCUT2D eigenvalue weighted by Crippen LogP contribution is -2.60. The largest absolute Gasteiger partial charge is 0.508 e. The molecule has 15 nitrogen and oxygen atoms in total. The van der Waals surface area contributed by atoms with Crippen LogP contribution in [0.25, 0.3) is 0 Å². The SMILES string of the molecule is CC(O)C(NC(=O)C(N)Cc1ccc(O)cc1)C(=O)NC(CC(=O)O)C(=O)NC(CCC(=O)O)C(=O)O. The van der Waals surface area contributed by atoms with Gasteiger partial charge in [0.1, 0.15) is 23.9 Å². The van der Waals surface area contributed by atoms with E-state index >= 15 is 0 Å². The second kappa shape index (κ2) is 14.4. The Kier molecular flexibility index (Phi) is 11.9. The maximum atomic E-state index is 12.7. The van der Waals surface area contributed by atoms with Crippen molar-refractivity contribution < 1.29 is 54.3 Å². The molecule has 1 aromatic rings. The number of hydrogen-bond acceptors (Lipinski definition) is 9. The zero-order chi connectivity index (χ0) is 28.3. The quantitative estimate of drug-likeness (QED) is 0.115. The zero-order valence-electron chi connectivity index (χ0n) is 19.8. The van der Waals surface area contributed by atoms with Gasteiger partial charge in [-0.2, -0.15) is 0 Å². The van der Waals surface area contributed by atoms with E-state index < -0.39 is 85.2 Å². The number of phenolic OH excluding ortho intramolecular Hbond substituents is 1. The molecule has 5 unspecified atom stereocenters. The van der Waals surface area contributed by atoms with E-state index in [1.165, 1.54) is 24.3 Å². The van der Waals surface area contributed by atoms with E-state index in [1.54, 1.807) is 0 Å². The van der Waals surface area contributed by atoms with Crippen LogP contribution < -0.4 is 21.7 Å². The normalized spacial score (nSPS) is 14.8. The van der Waals surface area contributed by atoms with Gasteiger partial charge in [-0.3, -0.25) is 24.0 Å². The van der Waals surface area contributed by atoms with Crippen LogP contribution in [-0.2, 0) is 35.2 Å². The van der Waals surface area contributed by atoms with Gasteiger partial charge >= 0.3 is 17.9 Å². The summed E-state index contributed by atoms with van der Waals surface area (Å²) in [5, 5.41) is 52.6. The standard InChI is InChI=1S/C22H30N4O11/c1-10(27)18(26-19(33)13(23)8-11-2-4-12(28)5-3-11)21(35)25-15(9-17(31)32)20(34)24-14(22(36)37)6-7-16(29)30/h2-5,10,13-15,18,27-28H,6-9,23H2,1H3,(H,24,34)(H,25,35)(H,26,33)(H,29,30)(H,31,32)(H,36,37). The number of carbonyl (C=O) groups is 6. The second-order valence-corrected chi connectivity index (χ2v) is 8.19. The maximum absolute atomic E-state index is 12.7.